The summed E-state index contributed by atoms with van der Waals surface area (Å²) in [7, 11) is 0. The van der Waals surface area contributed by atoms with Crippen molar-refractivity contribution in [2.24, 2.45) is 0 Å². The summed E-state index contributed by atoms with van der Waals surface area (Å²) in [6.07, 6.45) is 4.10. The van der Waals surface area contributed by atoms with E-state index in [1.807, 2.05) is 0 Å². The van der Waals surface area contributed by atoms with Crippen molar-refractivity contribution in [1.82, 2.24) is 15.2 Å². The number of carbonyl (C=O) groups is 1. The molecule has 0 saturated heterocycles. The molecule has 6 heteroatoms. The van der Waals surface area contributed by atoms with Crippen LogP contribution < -0.4 is 10.6 Å². The maximum Gasteiger partial charge on any atom is 0.258 e. The number of aromatic nitrogens is 3. The number of rotatable bonds is 5. The molecule has 2 aromatic rings. The number of hydrogen-bond donors (Lipinski definition) is 2. The first-order valence-electron chi connectivity index (χ1n) is 6.08. The normalized spacial score (nSPS) is 9.95. The summed E-state index contributed by atoms with van der Waals surface area (Å²) in [6.45, 7) is 2.94. The predicted molar refractivity (Wildman–Crippen MR) is 73.0 cm³/mol. The number of nitrogens with one attached hydrogen (secondary N) is 2. The Morgan fingerprint density at radius 1 is 1.26 bits per heavy atom. The fourth-order valence-corrected chi connectivity index (χ4v) is 1.44. The number of carbonyl (C=O) groups excluding carboxylic acids is 1. The van der Waals surface area contributed by atoms with Gasteiger partial charge in [0.15, 0.2) is 5.82 Å². The van der Waals surface area contributed by atoms with Gasteiger partial charge in [-0.25, -0.2) is 4.98 Å². The van der Waals surface area contributed by atoms with Crippen LogP contribution in [0.1, 0.15) is 23.7 Å². The van der Waals surface area contributed by atoms with Gasteiger partial charge in [-0.1, -0.05) is 6.92 Å². The summed E-state index contributed by atoms with van der Waals surface area (Å²) in [4.78, 5) is 16.1. The third-order valence-corrected chi connectivity index (χ3v) is 2.40. The number of hydrogen-bond acceptors (Lipinski definition) is 5. The van der Waals surface area contributed by atoms with Crippen molar-refractivity contribution in [3.05, 3.63) is 42.2 Å². The van der Waals surface area contributed by atoms with E-state index in [4.69, 9.17) is 0 Å². The molecule has 0 radical (unpaired) electrons. The molecule has 0 aliphatic rings. The first-order chi connectivity index (χ1) is 9.29. The van der Waals surface area contributed by atoms with Gasteiger partial charge < -0.3 is 10.6 Å². The van der Waals surface area contributed by atoms with Crippen molar-refractivity contribution in [1.29, 1.82) is 0 Å². The number of anilines is 2. The van der Waals surface area contributed by atoms with Crippen LogP contribution in [0.3, 0.4) is 0 Å². The molecule has 0 spiro atoms. The van der Waals surface area contributed by atoms with Gasteiger partial charge in [0.25, 0.3) is 5.91 Å². The summed E-state index contributed by atoms with van der Waals surface area (Å²) in [5.74, 6) is 0.925. The smallest absolute Gasteiger partial charge is 0.258 e. The topological polar surface area (TPSA) is 79.8 Å². The van der Waals surface area contributed by atoms with Crippen LogP contribution in [-0.4, -0.2) is 27.6 Å². The second-order valence-electron chi connectivity index (χ2n) is 3.92. The Balaban J connectivity index is 1.99. The number of pyridine rings is 1. The molecule has 1 amide bonds. The summed E-state index contributed by atoms with van der Waals surface area (Å²) >= 11 is 0. The average Bonchev–Trinajstić information content (AvgIpc) is 2.46. The maximum atomic E-state index is 11.9. The number of nitrogens with zero attached hydrogens (tertiary/aromatic N) is 3. The van der Waals surface area contributed by atoms with E-state index in [0.717, 1.165) is 18.8 Å². The molecule has 6 nitrogen and oxygen atoms in total. The summed E-state index contributed by atoms with van der Waals surface area (Å²) in [5.41, 5.74) is 0.479. The summed E-state index contributed by atoms with van der Waals surface area (Å²) in [6, 6.07) is 6.88. The van der Waals surface area contributed by atoms with E-state index in [9.17, 15) is 4.79 Å². The van der Waals surface area contributed by atoms with Crippen molar-refractivity contribution < 1.29 is 4.79 Å². The van der Waals surface area contributed by atoms with Crippen molar-refractivity contribution in [2.45, 2.75) is 13.3 Å². The molecule has 2 heterocycles. The highest BCUT2D eigenvalue weighted by Crippen LogP contribution is 2.07. The molecule has 98 valence electrons. The third-order valence-electron chi connectivity index (χ3n) is 2.40. The Kier molecular flexibility index (Phi) is 4.39. The van der Waals surface area contributed by atoms with E-state index in [-0.39, 0.29) is 5.91 Å². The van der Waals surface area contributed by atoms with Gasteiger partial charge in [-0.15, -0.1) is 5.10 Å². The molecule has 0 aliphatic heterocycles. The predicted octanol–water partition coefficient (Wildman–Crippen LogP) is 1.95. The second kappa shape index (κ2) is 6.44. The summed E-state index contributed by atoms with van der Waals surface area (Å²) in [5, 5.41) is 13.3. The van der Waals surface area contributed by atoms with E-state index in [1.165, 1.54) is 6.20 Å². The summed E-state index contributed by atoms with van der Waals surface area (Å²) < 4.78 is 0. The van der Waals surface area contributed by atoms with E-state index < -0.39 is 0 Å². The van der Waals surface area contributed by atoms with Gasteiger partial charge in [-0.3, -0.25) is 4.79 Å². The Morgan fingerprint density at radius 2 is 2.16 bits per heavy atom. The molecule has 0 bridgehead atoms. The van der Waals surface area contributed by atoms with Crippen LogP contribution in [0.5, 0.6) is 0 Å². The van der Waals surface area contributed by atoms with Gasteiger partial charge in [0.2, 0.25) is 0 Å². The average molecular weight is 257 g/mol. The van der Waals surface area contributed by atoms with Crippen molar-refractivity contribution in [2.75, 3.05) is 17.2 Å². The highest BCUT2D eigenvalue weighted by atomic mass is 16.1. The van der Waals surface area contributed by atoms with Crippen LogP contribution in [0, 0.1) is 0 Å². The Bertz CT molecular complexity index is 526. The Hall–Kier alpha value is -2.50. The van der Waals surface area contributed by atoms with Crippen molar-refractivity contribution in [3.8, 4) is 0 Å². The van der Waals surface area contributed by atoms with E-state index in [2.05, 4.69) is 32.7 Å². The number of amides is 1. The molecule has 19 heavy (non-hydrogen) atoms. The lowest BCUT2D eigenvalue weighted by molar-refractivity contribution is 0.102. The molecular weight excluding hydrogens is 242 g/mol. The van der Waals surface area contributed by atoms with Crippen molar-refractivity contribution in [3.63, 3.8) is 0 Å². The van der Waals surface area contributed by atoms with Crippen LogP contribution in [-0.2, 0) is 0 Å². The van der Waals surface area contributed by atoms with Gasteiger partial charge in [0.05, 0.1) is 5.56 Å². The van der Waals surface area contributed by atoms with Gasteiger partial charge in [-0.05, 0) is 30.7 Å². The largest absolute Gasteiger partial charge is 0.370 e. The standard InChI is InChI=1S/C13H15N5O/c1-2-7-14-11-6-5-10(9-15-11)13(19)17-12-4-3-8-16-18-12/h3-6,8-9H,2,7H2,1H3,(H,14,15)(H,17,18,19). The molecule has 0 aliphatic carbocycles. The lowest BCUT2D eigenvalue weighted by Gasteiger charge is -2.05. The van der Waals surface area contributed by atoms with Gasteiger partial charge in [0, 0.05) is 18.9 Å². The van der Waals surface area contributed by atoms with Gasteiger partial charge in [-0.2, -0.15) is 5.10 Å². The zero-order valence-corrected chi connectivity index (χ0v) is 10.6. The minimum absolute atomic E-state index is 0.255. The molecule has 0 aromatic carbocycles. The minimum Gasteiger partial charge on any atom is -0.370 e. The lowest BCUT2D eigenvalue weighted by atomic mass is 10.2. The molecule has 2 rings (SSSR count). The lowest BCUT2D eigenvalue weighted by Crippen LogP contribution is -2.13. The molecule has 0 unspecified atom stereocenters. The van der Waals surface area contributed by atoms with Crippen LogP contribution in [0.4, 0.5) is 11.6 Å². The van der Waals surface area contributed by atoms with Crippen LogP contribution in [0.25, 0.3) is 0 Å². The van der Waals surface area contributed by atoms with Crippen LogP contribution >= 0.6 is 0 Å². The molecular formula is C13H15N5O. The first kappa shape index (κ1) is 12.9. The molecule has 0 saturated carbocycles. The van der Waals surface area contributed by atoms with Crippen molar-refractivity contribution >= 4 is 17.5 Å². The van der Waals surface area contributed by atoms with Gasteiger partial charge >= 0.3 is 0 Å². The maximum absolute atomic E-state index is 11.9. The molecule has 2 aromatic heterocycles. The SMILES string of the molecule is CCCNc1ccc(C(=O)Nc2cccnn2)cn1. The zero-order chi connectivity index (χ0) is 13.5. The monoisotopic (exact) mass is 257 g/mol. The highest BCUT2D eigenvalue weighted by Gasteiger charge is 2.07. The third kappa shape index (κ3) is 3.74. The Labute approximate surface area is 111 Å². The quantitative estimate of drug-likeness (QED) is 0.855. The Morgan fingerprint density at radius 3 is 2.79 bits per heavy atom. The van der Waals surface area contributed by atoms with Crippen LogP contribution in [0.15, 0.2) is 36.7 Å². The molecule has 2 N–H and O–H groups in total. The van der Waals surface area contributed by atoms with E-state index >= 15 is 0 Å². The second-order valence-corrected chi connectivity index (χ2v) is 3.92. The highest BCUT2D eigenvalue weighted by molar-refractivity contribution is 6.03. The molecule has 0 atom stereocenters. The fraction of sp³-hybridized carbons (Fsp3) is 0.231. The van der Waals surface area contributed by atoms with Gasteiger partial charge in [0.1, 0.15) is 5.82 Å². The zero-order valence-electron chi connectivity index (χ0n) is 10.6. The first-order valence-corrected chi connectivity index (χ1v) is 6.08. The van der Waals surface area contributed by atoms with E-state index in [0.29, 0.717) is 11.4 Å². The fourth-order valence-electron chi connectivity index (χ4n) is 1.44. The van der Waals surface area contributed by atoms with Crippen LogP contribution in [0.2, 0.25) is 0 Å². The molecule has 0 fully saturated rings. The minimum atomic E-state index is -0.255. The van der Waals surface area contributed by atoms with E-state index in [1.54, 1.807) is 30.5 Å².